The maximum atomic E-state index is 11.4. The van der Waals surface area contributed by atoms with E-state index >= 15 is 0 Å². The third kappa shape index (κ3) is 4.79. The monoisotopic (exact) mass is 403 g/mol. The lowest BCUT2D eigenvalue weighted by atomic mass is 10.00. The van der Waals surface area contributed by atoms with Gasteiger partial charge in [0.1, 0.15) is 6.10 Å². The van der Waals surface area contributed by atoms with Crippen LogP contribution in [0.3, 0.4) is 0 Å². The van der Waals surface area contributed by atoms with Crippen LogP contribution in [0.1, 0.15) is 36.0 Å². The quantitative estimate of drug-likeness (QED) is 0.551. The first-order valence-electron chi connectivity index (χ1n) is 10.2. The van der Waals surface area contributed by atoms with Gasteiger partial charge in [-0.2, -0.15) is 0 Å². The summed E-state index contributed by atoms with van der Waals surface area (Å²) in [5, 5.41) is 3.20. The Hall–Kier alpha value is -3.34. The number of esters is 2. The van der Waals surface area contributed by atoms with Crippen LogP contribution in [0.2, 0.25) is 0 Å². The molecule has 5 heteroatoms. The van der Waals surface area contributed by atoms with E-state index < -0.39 is 0 Å². The Kier molecular flexibility index (Phi) is 5.70. The van der Waals surface area contributed by atoms with E-state index in [1.165, 1.54) is 16.7 Å². The van der Waals surface area contributed by atoms with Crippen molar-refractivity contribution in [3.8, 4) is 0 Å². The molecule has 2 heterocycles. The SMILES string of the molecule is C=C1CC(CCc2ccc(Cc3ccc(NC4CC(=C)C(=O)O4)cc3)cc2)OC1=O. The molecule has 2 aliphatic heterocycles. The summed E-state index contributed by atoms with van der Waals surface area (Å²) in [6, 6.07) is 16.7. The van der Waals surface area contributed by atoms with E-state index in [9.17, 15) is 9.59 Å². The topological polar surface area (TPSA) is 64.6 Å². The highest BCUT2D eigenvalue weighted by atomic mass is 16.6. The average Bonchev–Trinajstić information content (AvgIpc) is 3.22. The molecule has 4 rings (SSSR count). The van der Waals surface area contributed by atoms with E-state index in [1.54, 1.807) is 0 Å². The molecule has 30 heavy (non-hydrogen) atoms. The Morgan fingerprint density at radius 1 is 0.800 bits per heavy atom. The van der Waals surface area contributed by atoms with Gasteiger partial charge in [0.2, 0.25) is 0 Å². The Bertz CT molecular complexity index is 943. The molecule has 0 aromatic heterocycles. The Labute approximate surface area is 176 Å². The zero-order chi connectivity index (χ0) is 21.1. The number of carbonyl (C=O) groups excluding carboxylic acids is 2. The molecule has 2 saturated heterocycles. The van der Waals surface area contributed by atoms with E-state index in [1.807, 2.05) is 12.1 Å². The van der Waals surface area contributed by atoms with Crippen molar-refractivity contribution in [3.63, 3.8) is 0 Å². The molecule has 0 saturated carbocycles. The second-order valence-corrected chi connectivity index (χ2v) is 7.91. The molecule has 2 aromatic rings. The van der Waals surface area contributed by atoms with Gasteiger partial charge >= 0.3 is 11.9 Å². The van der Waals surface area contributed by atoms with Crippen molar-refractivity contribution < 1.29 is 19.1 Å². The van der Waals surface area contributed by atoms with Crippen LogP contribution in [0.5, 0.6) is 0 Å². The van der Waals surface area contributed by atoms with Crippen LogP contribution in [0, 0.1) is 0 Å². The lowest BCUT2D eigenvalue weighted by Gasteiger charge is -2.13. The molecular weight excluding hydrogens is 378 g/mol. The van der Waals surface area contributed by atoms with Crippen LogP contribution in [0.15, 0.2) is 72.8 Å². The molecule has 2 unspecified atom stereocenters. The highest BCUT2D eigenvalue weighted by molar-refractivity contribution is 5.90. The summed E-state index contributed by atoms with van der Waals surface area (Å²) in [5.74, 6) is -0.589. The molecule has 5 nitrogen and oxygen atoms in total. The fraction of sp³-hybridized carbons (Fsp3) is 0.280. The first kappa shape index (κ1) is 20.0. The zero-order valence-corrected chi connectivity index (χ0v) is 16.9. The summed E-state index contributed by atoms with van der Waals surface area (Å²) >= 11 is 0. The minimum Gasteiger partial charge on any atom is -0.459 e. The third-order valence-electron chi connectivity index (χ3n) is 5.47. The summed E-state index contributed by atoms with van der Waals surface area (Å²) in [6.45, 7) is 7.42. The number of nitrogens with one attached hydrogen (secondary N) is 1. The Morgan fingerprint density at radius 3 is 1.93 bits per heavy atom. The summed E-state index contributed by atoms with van der Waals surface area (Å²) in [4.78, 5) is 22.8. The highest BCUT2D eigenvalue weighted by Gasteiger charge is 2.27. The number of ether oxygens (including phenoxy) is 2. The van der Waals surface area contributed by atoms with Gasteiger partial charge in [-0.1, -0.05) is 49.6 Å². The lowest BCUT2D eigenvalue weighted by Crippen LogP contribution is -2.18. The van der Waals surface area contributed by atoms with Crippen molar-refractivity contribution in [2.45, 2.75) is 44.4 Å². The molecule has 0 amide bonds. The summed E-state index contributed by atoms with van der Waals surface area (Å²) in [7, 11) is 0. The largest absolute Gasteiger partial charge is 0.459 e. The Balaban J connectivity index is 1.27. The van der Waals surface area contributed by atoms with Crippen molar-refractivity contribution in [3.05, 3.63) is 89.5 Å². The van der Waals surface area contributed by atoms with Crippen molar-refractivity contribution in [2.24, 2.45) is 0 Å². The van der Waals surface area contributed by atoms with E-state index in [-0.39, 0.29) is 24.3 Å². The average molecular weight is 403 g/mol. The number of cyclic esters (lactones) is 2. The van der Waals surface area contributed by atoms with Gasteiger partial charge in [0.05, 0.1) is 0 Å². The first-order valence-corrected chi connectivity index (χ1v) is 10.2. The molecule has 0 spiro atoms. The van der Waals surface area contributed by atoms with Gasteiger partial charge in [-0.3, -0.25) is 0 Å². The van der Waals surface area contributed by atoms with Crippen molar-refractivity contribution in [2.75, 3.05) is 5.32 Å². The molecule has 1 N–H and O–H groups in total. The highest BCUT2D eigenvalue weighted by Crippen LogP contribution is 2.24. The maximum absolute atomic E-state index is 11.4. The summed E-state index contributed by atoms with van der Waals surface area (Å²) in [5.41, 5.74) is 5.67. The van der Waals surface area contributed by atoms with Gasteiger partial charge in [-0.25, -0.2) is 9.59 Å². The first-order chi connectivity index (χ1) is 14.5. The van der Waals surface area contributed by atoms with Gasteiger partial charge in [0, 0.05) is 29.7 Å². The number of benzene rings is 2. The fourth-order valence-corrected chi connectivity index (χ4v) is 3.73. The summed E-state index contributed by atoms with van der Waals surface area (Å²) in [6.07, 6.45) is 3.31. The van der Waals surface area contributed by atoms with Gasteiger partial charge in [0.25, 0.3) is 0 Å². The minimum atomic E-state index is -0.339. The van der Waals surface area contributed by atoms with Crippen molar-refractivity contribution in [1.82, 2.24) is 0 Å². The lowest BCUT2D eigenvalue weighted by molar-refractivity contribution is -0.139. The van der Waals surface area contributed by atoms with E-state index in [0.717, 1.165) is 24.9 Å². The number of hydrogen-bond donors (Lipinski definition) is 1. The molecule has 2 fully saturated rings. The number of hydrogen-bond acceptors (Lipinski definition) is 5. The molecular formula is C25H25NO4. The molecule has 2 aliphatic rings. The smallest absolute Gasteiger partial charge is 0.335 e. The van der Waals surface area contributed by atoms with E-state index in [4.69, 9.17) is 9.47 Å². The molecule has 0 radical (unpaired) electrons. The van der Waals surface area contributed by atoms with Crippen LogP contribution in [0.4, 0.5) is 5.69 Å². The van der Waals surface area contributed by atoms with Crippen LogP contribution in [-0.4, -0.2) is 24.3 Å². The second-order valence-electron chi connectivity index (χ2n) is 7.91. The van der Waals surface area contributed by atoms with E-state index in [0.29, 0.717) is 24.0 Å². The predicted molar refractivity (Wildman–Crippen MR) is 115 cm³/mol. The van der Waals surface area contributed by atoms with Crippen LogP contribution >= 0.6 is 0 Å². The van der Waals surface area contributed by atoms with Crippen molar-refractivity contribution in [1.29, 1.82) is 0 Å². The molecule has 2 atom stereocenters. The van der Waals surface area contributed by atoms with Gasteiger partial charge in [-0.15, -0.1) is 0 Å². The van der Waals surface area contributed by atoms with Gasteiger partial charge < -0.3 is 14.8 Å². The fourth-order valence-electron chi connectivity index (χ4n) is 3.73. The number of aryl methyl sites for hydroxylation is 1. The van der Waals surface area contributed by atoms with Crippen LogP contribution in [0.25, 0.3) is 0 Å². The molecule has 0 bridgehead atoms. The number of anilines is 1. The van der Waals surface area contributed by atoms with Gasteiger partial charge in [0.15, 0.2) is 6.23 Å². The second kappa shape index (κ2) is 8.57. The van der Waals surface area contributed by atoms with Crippen LogP contribution < -0.4 is 5.32 Å². The molecule has 154 valence electrons. The molecule has 2 aromatic carbocycles. The van der Waals surface area contributed by atoms with Gasteiger partial charge in [-0.05, 0) is 48.1 Å². The number of rotatable bonds is 7. The Morgan fingerprint density at radius 2 is 1.37 bits per heavy atom. The summed E-state index contributed by atoms with van der Waals surface area (Å²) < 4.78 is 10.5. The van der Waals surface area contributed by atoms with Crippen LogP contribution in [-0.2, 0) is 31.9 Å². The third-order valence-corrected chi connectivity index (χ3v) is 5.47. The molecule has 0 aliphatic carbocycles. The van der Waals surface area contributed by atoms with E-state index in [2.05, 4.69) is 54.9 Å². The standard InChI is InChI=1S/C25H25NO4/c1-16-13-22(29-24(16)27)12-9-18-3-5-19(6-4-18)15-20-7-10-21(11-8-20)26-23-14-17(2)25(28)30-23/h3-8,10-11,22-23,26H,1-2,9,12-15H2. The normalized spacial score (nSPS) is 20.9. The van der Waals surface area contributed by atoms with Crippen molar-refractivity contribution >= 4 is 17.6 Å². The zero-order valence-electron chi connectivity index (χ0n) is 16.9. The maximum Gasteiger partial charge on any atom is 0.335 e. The number of carbonyl (C=O) groups is 2. The predicted octanol–water partition coefficient (Wildman–Crippen LogP) is 4.32. The minimum absolute atomic E-state index is 0.0392.